The van der Waals surface area contributed by atoms with Gasteiger partial charge in [0.2, 0.25) is 5.60 Å². The Morgan fingerprint density at radius 2 is 2.07 bits per heavy atom. The molecule has 6 nitrogen and oxygen atoms in total. The molecule has 0 bridgehead atoms. The van der Waals surface area contributed by atoms with E-state index in [1.54, 1.807) is 17.9 Å². The quantitative estimate of drug-likeness (QED) is 0.700. The number of rotatable bonds is 2. The van der Waals surface area contributed by atoms with E-state index in [4.69, 9.17) is 0 Å². The van der Waals surface area contributed by atoms with Crippen molar-refractivity contribution in [1.29, 1.82) is 0 Å². The number of nitrogens with zero attached hydrogens (tertiary/aromatic N) is 4. The van der Waals surface area contributed by atoms with Gasteiger partial charge in [0.15, 0.2) is 0 Å². The Hall–Kier alpha value is -3.43. The standard InChI is InChI=1S/C22H20N4O2/c1-16-13-19(26-11-4-10-23-26)15-20(24-16)18-6-3-5-17(14-18)7-8-22(28)9-12-25(2)21(22)27/h3-6,10-11,13-15,28H,9,12H2,1-2H3/t22-/m0/s1. The molecule has 1 aliphatic heterocycles. The summed E-state index contributed by atoms with van der Waals surface area (Å²) in [5, 5.41) is 14.7. The molecule has 0 radical (unpaired) electrons. The summed E-state index contributed by atoms with van der Waals surface area (Å²) in [4.78, 5) is 18.2. The number of aliphatic hydroxyl groups is 1. The molecule has 0 unspecified atom stereocenters. The molecule has 1 N–H and O–H groups in total. The minimum Gasteiger partial charge on any atom is -0.369 e. The van der Waals surface area contributed by atoms with Gasteiger partial charge in [0.05, 0.1) is 11.4 Å². The second-order valence-electron chi connectivity index (χ2n) is 6.97. The lowest BCUT2D eigenvalue weighted by atomic mass is 10.0. The van der Waals surface area contributed by atoms with Gasteiger partial charge >= 0.3 is 0 Å². The molecule has 140 valence electrons. The average molecular weight is 372 g/mol. The van der Waals surface area contributed by atoms with Gasteiger partial charge in [0.1, 0.15) is 0 Å². The highest BCUT2D eigenvalue weighted by molar-refractivity contribution is 5.90. The van der Waals surface area contributed by atoms with Crippen molar-refractivity contribution in [3.63, 3.8) is 0 Å². The van der Waals surface area contributed by atoms with E-state index in [1.165, 1.54) is 4.90 Å². The number of pyridine rings is 1. The molecule has 0 saturated carbocycles. The lowest BCUT2D eigenvalue weighted by Crippen LogP contribution is -2.37. The van der Waals surface area contributed by atoms with Crippen molar-refractivity contribution in [1.82, 2.24) is 19.7 Å². The third kappa shape index (κ3) is 3.40. The van der Waals surface area contributed by atoms with E-state index in [1.807, 2.05) is 55.6 Å². The highest BCUT2D eigenvalue weighted by atomic mass is 16.3. The lowest BCUT2D eigenvalue weighted by molar-refractivity contribution is -0.137. The maximum Gasteiger partial charge on any atom is 0.267 e. The first-order valence-corrected chi connectivity index (χ1v) is 9.05. The summed E-state index contributed by atoms with van der Waals surface area (Å²) in [6.45, 7) is 2.45. The van der Waals surface area contributed by atoms with E-state index >= 15 is 0 Å². The van der Waals surface area contributed by atoms with E-state index in [9.17, 15) is 9.90 Å². The molecular weight excluding hydrogens is 352 g/mol. The highest BCUT2D eigenvalue weighted by Gasteiger charge is 2.42. The average Bonchev–Trinajstić information content (AvgIpc) is 3.32. The molecule has 3 heterocycles. The van der Waals surface area contributed by atoms with Crippen LogP contribution >= 0.6 is 0 Å². The molecule has 2 aromatic heterocycles. The number of aryl methyl sites for hydroxylation is 1. The van der Waals surface area contributed by atoms with Crippen molar-refractivity contribution < 1.29 is 9.90 Å². The zero-order valence-corrected chi connectivity index (χ0v) is 15.8. The second-order valence-corrected chi connectivity index (χ2v) is 6.97. The van der Waals surface area contributed by atoms with Crippen LogP contribution in [0.3, 0.4) is 0 Å². The second kappa shape index (κ2) is 6.95. The Morgan fingerprint density at radius 3 is 2.79 bits per heavy atom. The molecule has 1 fully saturated rings. The molecule has 3 aromatic rings. The van der Waals surface area contributed by atoms with Crippen LogP contribution in [0.4, 0.5) is 0 Å². The summed E-state index contributed by atoms with van der Waals surface area (Å²) in [6.07, 6.45) is 3.94. The minimum absolute atomic E-state index is 0.321. The Bertz CT molecular complexity index is 1100. The van der Waals surface area contributed by atoms with Gasteiger partial charge in [0.25, 0.3) is 5.91 Å². The fourth-order valence-electron chi connectivity index (χ4n) is 3.25. The Labute approximate surface area is 163 Å². The first kappa shape index (κ1) is 18.0. The summed E-state index contributed by atoms with van der Waals surface area (Å²) in [7, 11) is 1.67. The Balaban J connectivity index is 1.67. The highest BCUT2D eigenvalue weighted by Crippen LogP contribution is 2.23. The zero-order chi connectivity index (χ0) is 19.7. The van der Waals surface area contributed by atoms with Crippen LogP contribution in [0.1, 0.15) is 17.7 Å². The van der Waals surface area contributed by atoms with E-state index < -0.39 is 5.60 Å². The van der Waals surface area contributed by atoms with Crippen LogP contribution in [-0.4, -0.2) is 49.9 Å². The number of carbonyl (C=O) groups is 1. The van der Waals surface area contributed by atoms with Crippen LogP contribution in [0.25, 0.3) is 16.9 Å². The van der Waals surface area contributed by atoms with Crippen molar-refractivity contribution in [3.8, 4) is 28.8 Å². The fraction of sp³-hybridized carbons (Fsp3) is 0.227. The van der Waals surface area contributed by atoms with Crippen LogP contribution in [0, 0.1) is 18.8 Å². The third-order valence-corrected chi connectivity index (χ3v) is 4.79. The molecular formula is C22H20N4O2. The van der Waals surface area contributed by atoms with Gasteiger partial charge in [-0.05, 0) is 37.3 Å². The van der Waals surface area contributed by atoms with Gasteiger partial charge in [-0.1, -0.05) is 24.0 Å². The number of carbonyl (C=O) groups excluding carboxylic acids is 1. The molecule has 1 aliphatic rings. The number of hydrogen-bond acceptors (Lipinski definition) is 4. The third-order valence-electron chi connectivity index (χ3n) is 4.79. The number of hydrogen-bond donors (Lipinski definition) is 1. The monoisotopic (exact) mass is 372 g/mol. The van der Waals surface area contributed by atoms with Gasteiger partial charge in [-0.3, -0.25) is 9.78 Å². The number of aromatic nitrogens is 3. The predicted octanol–water partition coefficient (Wildman–Crippen LogP) is 2.19. The van der Waals surface area contributed by atoms with Crippen molar-refractivity contribution in [3.05, 3.63) is 66.1 Å². The molecule has 28 heavy (non-hydrogen) atoms. The van der Waals surface area contributed by atoms with Crippen LogP contribution in [0.15, 0.2) is 54.9 Å². The molecule has 0 aliphatic carbocycles. The maximum atomic E-state index is 12.1. The van der Waals surface area contributed by atoms with Crippen LogP contribution in [0.2, 0.25) is 0 Å². The van der Waals surface area contributed by atoms with E-state index in [2.05, 4.69) is 21.9 Å². The first-order valence-electron chi connectivity index (χ1n) is 9.05. The van der Waals surface area contributed by atoms with Crippen molar-refractivity contribution >= 4 is 5.91 Å². The van der Waals surface area contributed by atoms with Gasteiger partial charge in [-0.15, -0.1) is 0 Å². The minimum atomic E-state index is -1.60. The van der Waals surface area contributed by atoms with Gasteiger partial charge in [-0.2, -0.15) is 5.10 Å². The van der Waals surface area contributed by atoms with Gasteiger partial charge < -0.3 is 10.0 Å². The number of likely N-dealkylation sites (tertiary alicyclic amines) is 1. The number of benzene rings is 1. The van der Waals surface area contributed by atoms with Crippen molar-refractivity contribution in [2.24, 2.45) is 0 Å². The summed E-state index contributed by atoms with van der Waals surface area (Å²) in [6, 6.07) is 13.4. The van der Waals surface area contributed by atoms with Crippen LogP contribution in [0.5, 0.6) is 0 Å². The molecule has 4 rings (SSSR count). The van der Waals surface area contributed by atoms with E-state index in [-0.39, 0.29) is 5.91 Å². The van der Waals surface area contributed by atoms with Crippen LogP contribution < -0.4 is 0 Å². The van der Waals surface area contributed by atoms with Crippen LogP contribution in [-0.2, 0) is 4.79 Å². The summed E-state index contributed by atoms with van der Waals surface area (Å²) < 4.78 is 1.79. The van der Waals surface area contributed by atoms with E-state index in [0.717, 1.165) is 28.2 Å². The smallest absolute Gasteiger partial charge is 0.267 e. The van der Waals surface area contributed by atoms with Gasteiger partial charge in [0, 0.05) is 49.2 Å². The van der Waals surface area contributed by atoms with Gasteiger partial charge in [-0.25, -0.2) is 4.68 Å². The lowest BCUT2D eigenvalue weighted by Gasteiger charge is -2.13. The summed E-state index contributed by atoms with van der Waals surface area (Å²) >= 11 is 0. The van der Waals surface area contributed by atoms with E-state index in [0.29, 0.717) is 13.0 Å². The summed E-state index contributed by atoms with van der Waals surface area (Å²) in [5.41, 5.74) is 2.65. The largest absolute Gasteiger partial charge is 0.369 e. The van der Waals surface area contributed by atoms with Crippen molar-refractivity contribution in [2.45, 2.75) is 18.9 Å². The number of likely N-dealkylation sites (N-methyl/N-ethyl adjacent to an activating group) is 1. The fourth-order valence-corrected chi connectivity index (χ4v) is 3.25. The molecule has 6 heteroatoms. The SMILES string of the molecule is Cc1cc(-n2cccn2)cc(-c2cccc(C#C[C@]3(O)CCN(C)C3=O)c2)n1. The molecule has 1 aromatic carbocycles. The number of amides is 1. The molecule has 0 spiro atoms. The Kier molecular flexibility index (Phi) is 4.46. The first-order chi connectivity index (χ1) is 13.4. The Morgan fingerprint density at radius 1 is 1.21 bits per heavy atom. The summed E-state index contributed by atoms with van der Waals surface area (Å²) in [5.74, 6) is 5.36. The normalized spacial score (nSPS) is 18.8. The van der Waals surface area contributed by atoms with Crippen molar-refractivity contribution in [2.75, 3.05) is 13.6 Å². The molecule has 1 saturated heterocycles. The topological polar surface area (TPSA) is 71.2 Å². The predicted molar refractivity (Wildman–Crippen MR) is 106 cm³/mol. The maximum absolute atomic E-state index is 12.1. The molecule has 1 atom stereocenters. The zero-order valence-electron chi connectivity index (χ0n) is 15.8. The molecule has 1 amide bonds.